The minimum absolute atomic E-state index is 0.369. The predicted octanol–water partition coefficient (Wildman–Crippen LogP) is 4.20. The van der Waals surface area contributed by atoms with Crippen LogP contribution in [0.5, 0.6) is 0 Å². The van der Waals surface area contributed by atoms with Gasteiger partial charge in [0.2, 0.25) is 0 Å². The molecule has 0 aliphatic heterocycles. The summed E-state index contributed by atoms with van der Waals surface area (Å²) in [4.78, 5) is 0. The topological polar surface area (TPSA) is 0 Å². The van der Waals surface area contributed by atoms with Crippen LogP contribution in [0.3, 0.4) is 0 Å². The van der Waals surface area contributed by atoms with Crippen LogP contribution in [-0.2, 0) is 12.8 Å². The van der Waals surface area contributed by atoms with E-state index in [0.29, 0.717) is 10.8 Å². The van der Waals surface area contributed by atoms with E-state index < -0.39 is 0 Å². The van der Waals surface area contributed by atoms with Gasteiger partial charge in [-0.2, -0.15) is 0 Å². The van der Waals surface area contributed by atoms with Crippen LogP contribution in [-0.4, -0.2) is 6.91 Å². The average molecular weight is 216 g/mol. The van der Waals surface area contributed by atoms with Crippen molar-refractivity contribution in [2.75, 3.05) is 0 Å². The molecule has 1 aromatic heterocycles. The molecule has 0 atom stereocenters. The summed E-state index contributed by atoms with van der Waals surface area (Å²) in [5, 5.41) is 0. The molecule has 0 N–H and O–H groups in total. The second-order valence-electron chi connectivity index (χ2n) is 7.24. The summed E-state index contributed by atoms with van der Waals surface area (Å²) in [6.45, 7) is 16.1. The summed E-state index contributed by atoms with van der Waals surface area (Å²) in [5.41, 5.74) is 3.77. The Kier molecular flexibility index (Phi) is 3.99. The normalized spacial score (nSPS) is 12.6. The maximum atomic E-state index is 2.31. The van der Waals surface area contributed by atoms with Gasteiger partial charge >= 0.3 is 101 Å². The van der Waals surface area contributed by atoms with Gasteiger partial charge in [-0.25, -0.2) is 0 Å². The van der Waals surface area contributed by atoms with E-state index in [9.17, 15) is 0 Å². The monoisotopic (exact) mass is 216 g/mol. The number of hydrogen-bond donors (Lipinski definition) is 0. The number of hydrogen-bond acceptors (Lipinski definition) is 0. The third kappa shape index (κ3) is 4.96. The van der Waals surface area contributed by atoms with Gasteiger partial charge in [-0.15, -0.1) is 0 Å². The molecule has 0 saturated heterocycles. The third-order valence-electron chi connectivity index (χ3n) is 2.56. The van der Waals surface area contributed by atoms with Crippen LogP contribution in [0.25, 0.3) is 0 Å². The minimum atomic E-state index is 0.369. The Morgan fingerprint density at radius 2 is 1.50 bits per heavy atom. The molecule has 1 heteroatoms. The molecule has 0 amide bonds. The summed E-state index contributed by atoms with van der Waals surface area (Å²) in [6, 6.07) is 4.44. The van der Waals surface area contributed by atoms with Gasteiger partial charge in [-0.3, -0.25) is 0 Å². The summed E-state index contributed by atoms with van der Waals surface area (Å²) < 4.78 is 0. The average Bonchev–Trinajstić information content (AvgIpc) is 2.03. The zero-order valence-corrected chi connectivity index (χ0v) is 11.7. The molecule has 1 heterocycles. The van der Waals surface area contributed by atoms with Gasteiger partial charge in [0, 0.05) is 0 Å². The van der Waals surface area contributed by atoms with E-state index in [1.165, 1.54) is 23.9 Å². The van der Waals surface area contributed by atoms with Crippen LogP contribution in [0.1, 0.15) is 52.6 Å². The van der Waals surface area contributed by atoms with Crippen molar-refractivity contribution < 1.29 is 0 Å². The molecule has 88 valence electrons. The standard InChI is InChI=1S/C15H25B/c1-14(2,3)10-12-8-7-9-16-13(12)11-15(4,5)6/h7-9H,10-11H2,1-6H3. The first-order chi connectivity index (χ1) is 7.17. The van der Waals surface area contributed by atoms with Gasteiger partial charge in [0.25, 0.3) is 0 Å². The zero-order valence-electron chi connectivity index (χ0n) is 11.7. The van der Waals surface area contributed by atoms with E-state index in [4.69, 9.17) is 0 Å². The fraction of sp³-hybridized carbons (Fsp3) is 0.667. The molecule has 0 nitrogen and oxygen atoms in total. The quantitative estimate of drug-likeness (QED) is 0.694. The molecule has 0 aliphatic carbocycles. The molecule has 0 aliphatic rings. The second kappa shape index (κ2) is 4.73. The fourth-order valence-corrected chi connectivity index (χ4v) is 2.05. The Balaban J connectivity index is 2.92. The van der Waals surface area contributed by atoms with Crippen molar-refractivity contribution in [2.45, 2.75) is 54.4 Å². The van der Waals surface area contributed by atoms with Crippen LogP contribution < -0.4 is 0 Å². The zero-order chi connectivity index (χ0) is 12.4. The van der Waals surface area contributed by atoms with Crippen molar-refractivity contribution in [3.05, 3.63) is 29.1 Å². The van der Waals surface area contributed by atoms with E-state index >= 15 is 0 Å². The predicted molar refractivity (Wildman–Crippen MR) is 74.1 cm³/mol. The molecule has 0 bridgehead atoms. The number of rotatable bonds is 2. The van der Waals surface area contributed by atoms with Crippen LogP contribution in [0.15, 0.2) is 18.1 Å². The van der Waals surface area contributed by atoms with E-state index in [2.05, 4.69) is 66.5 Å². The van der Waals surface area contributed by atoms with Crippen molar-refractivity contribution in [3.63, 3.8) is 0 Å². The molecule has 0 fully saturated rings. The van der Waals surface area contributed by atoms with Gasteiger partial charge in [0.15, 0.2) is 0 Å². The van der Waals surface area contributed by atoms with Gasteiger partial charge in [-0.05, 0) is 0 Å². The molecule has 0 radical (unpaired) electrons. The van der Waals surface area contributed by atoms with Crippen molar-refractivity contribution in [1.82, 2.24) is 0 Å². The molecule has 0 saturated carbocycles. The molecule has 1 rings (SSSR count). The maximum absolute atomic E-state index is 2.31. The van der Waals surface area contributed by atoms with Crippen LogP contribution in [0, 0.1) is 10.8 Å². The third-order valence-corrected chi connectivity index (χ3v) is 2.56. The second-order valence-corrected chi connectivity index (χ2v) is 7.24. The Hall–Kier alpha value is -0.585. The summed E-state index contributed by atoms with van der Waals surface area (Å²) in [7, 11) is 0. The first kappa shape index (κ1) is 13.5. The van der Waals surface area contributed by atoms with Gasteiger partial charge in [0.1, 0.15) is 0 Å². The Morgan fingerprint density at radius 3 is 2.00 bits per heavy atom. The van der Waals surface area contributed by atoms with Crippen molar-refractivity contribution in [1.29, 1.82) is 0 Å². The van der Waals surface area contributed by atoms with Gasteiger partial charge < -0.3 is 0 Å². The Morgan fingerprint density at radius 1 is 0.938 bits per heavy atom. The van der Waals surface area contributed by atoms with E-state index in [0.717, 1.165) is 0 Å². The SMILES string of the molecule is CC(C)(C)Cc1bcccc1CC(C)(C)C. The molecular formula is C15H25B. The van der Waals surface area contributed by atoms with Crippen LogP contribution in [0.4, 0.5) is 0 Å². The fourth-order valence-electron chi connectivity index (χ4n) is 2.05. The van der Waals surface area contributed by atoms with Gasteiger partial charge in [0.05, 0.1) is 0 Å². The molecule has 1 aromatic rings. The van der Waals surface area contributed by atoms with Crippen molar-refractivity contribution in [2.24, 2.45) is 10.8 Å². The molecule has 16 heavy (non-hydrogen) atoms. The Labute approximate surface area is 102 Å². The van der Waals surface area contributed by atoms with E-state index in [-0.39, 0.29) is 0 Å². The van der Waals surface area contributed by atoms with E-state index in [1.807, 2.05) is 0 Å². The summed E-state index contributed by atoms with van der Waals surface area (Å²) in [5.74, 6) is 2.16. The first-order valence-corrected chi connectivity index (χ1v) is 6.24. The van der Waals surface area contributed by atoms with Crippen molar-refractivity contribution >= 4 is 6.91 Å². The summed E-state index contributed by atoms with van der Waals surface area (Å²) in [6.07, 6.45) is 2.33. The summed E-state index contributed by atoms with van der Waals surface area (Å²) >= 11 is 0. The molecule has 0 spiro atoms. The van der Waals surface area contributed by atoms with E-state index in [1.54, 1.807) is 0 Å². The molecule has 0 unspecified atom stereocenters. The first-order valence-electron chi connectivity index (χ1n) is 6.24. The van der Waals surface area contributed by atoms with Crippen LogP contribution in [0.2, 0.25) is 0 Å². The van der Waals surface area contributed by atoms with Crippen LogP contribution >= 0.6 is 0 Å². The Bertz CT molecular complexity index is 304. The molecule has 0 aromatic carbocycles. The van der Waals surface area contributed by atoms with Crippen molar-refractivity contribution in [3.8, 4) is 0 Å². The van der Waals surface area contributed by atoms with Gasteiger partial charge in [-0.1, -0.05) is 0 Å². The molecular weight excluding hydrogens is 191 g/mol.